The predicted molar refractivity (Wildman–Crippen MR) is 196 cm³/mol. The van der Waals surface area contributed by atoms with Crippen molar-refractivity contribution in [3.05, 3.63) is 40.9 Å². The molecule has 0 aromatic carbocycles. The molecule has 45 heavy (non-hydrogen) atoms. The van der Waals surface area contributed by atoms with Crippen LogP contribution in [0.4, 0.5) is 10.2 Å². The molecule has 0 bridgehead atoms. The standard InChI is InChI=1S/C27H43FN4O.C4H8.C3H8OS.C3H4/c1-6-8-24-19-31(27-26(33)16-22(7-2)17-29-27)13-14-32(24)23-9-11-30(12-10-23)18-21(5)25(28)15-20(3)4;1-4-2-3-4;1-5(2,3)4;1-3-2/h15-17,23-24,33H,6-14,18-19H2,1-5H3;4H,2-3H2,1H3;1H2,2-3H3;1H,2H3/b25-21-;;;. The van der Waals surface area contributed by atoms with Gasteiger partial charge >= 0.3 is 0 Å². The van der Waals surface area contributed by atoms with Gasteiger partial charge in [0, 0.05) is 57.0 Å². The Bertz CT molecular complexity index is 1210. The van der Waals surface area contributed by atoms with Crippen LogP contribution in [0.25, 0.3) is 0 Å². The van der Waals surface area contributed by atoms with Gasteiger partial charge < -0.3 is 10.0 Å². The lowest BCUT2D eigenvalue weighted by Gasteiger charge is -2.48. The normalized spacial score (nSPS) is 19.8. The van der Waals surface area contributed by atoms with Gasteiger partial charge in [-0.05, 0) is 111 Å². The van der Waals surface area contributed by atoms with Crippen molar-refractivity contribution in [1.82, 2.24) is 14.8 Å². The molecule has 2 saturated heterocycles. The fourth-order valence-electron chi connectivity index (χ4n) is 5.42. The maximum atomic E-state index is 14.3. The number of allylic oxidation sites excluding steroid dienone is 3. The summed E-state index contributed by atoms with van der Waals surface area (Å²) in [6, 6.07) is 2.91. The van der Waals surface area contributed by atoms with E-state index in [0.717, 1.165) is 93.3 Å². The second-order valence-corrected chi connectivity index (χ2v) is 16.3. The lowest BCUT2D eigenvalue weighted by molar-refractivity contribution is 0.0633. The van der Waals surface area contributed by atoms with Crippen LogP contribution in [0.5, 0.6) is 5.75 Å². The minimum Gasteiger partial charge on any atom is -0.504 e. The van der Waals surface area contributed by atoms with E-state index >= 15 is 0 Å². The van der Waals surface area contributed by atoms with E-state index in [0.29, 0.717) is 24.4 Å². The van der Waals surface area contributed by atoms with Crippen LogP contribution in [0.2, 0.25) is 0 Å². The van der Waals surface area contributed by atoms with Crippen LogP contribution in [0.15, 0.2) is 35.3 Å². The molecule has 3 fully saturated rings. The largest absolute Gasteiger partial charge is 0.504 e. The summed E-state index contributed by atoms with van der Waals surface area (Å²) in [4.78, 5) is 12.0. The lowest BCUT2D eigenvalue weighted by Crippen LogP contribution is -2.58. The van der Waals surface area contributed by atoms with Crippen molar-refractivity contribution in [2.45, 2.75) is 105 Å². The molecule has 0 spiro atoms. The maximum absolute atomic E-state index is 14.3. The lowest BCUT2D eigenvalue weighted by atomic mass is 9.97. The Morgan fingerprint density at radius 1 is 1.16 bits per heavy atom. The second kappa shape index (κ2) is 20.7. The Morgan fingerprint density at radius 2 is 1.71 bits per heavy atom. The Hall–Kier alpha value is -2.34. The molecule has 8 heteroatoms. The summed E-state index contributed by atoms with van der Waals surface area (Å²) in [7, 11) is -1.67. The maximum Gasteiger partial charge on any atom is 0.171 e. The van der Waals surface area contributed by atoms with Crippen LogP contribution < -0.4 is 4.90 Å². The predicted octanol–water partition coefficient (Wildman–Crippen LogP) is 7.33. The van der Waals surface area contributed by atoms with Crippen molar-refractivity contribution in [3.63, 3.8) is 0 Å². The van der Waals surface area contributed by atoms with Gasteiger partial charge in [-0.15, -0.1) is 12.3 Å². The Morgan fingerprint density at radius 3 is 2.16 bits per heavy atom. The number of aromatic nitrogens is 1. The number of pyridine rings is 1. The molecule has 1 aliphatic carbocycles. The summed E-state index contributed by atoms with van der Waals surface area (Å²) in [6.07, 6.45) is 19.7. The summed E-state index contributed by atoms with van der Waals surface area (Å²) in [5, 5.41) is 10.5. The van der Waals surface area contributed by atoms with Gasteiger partial charge in [-0.25, -0.2) is 9.37 Å². The van der Waals surface area contributed by atoms with Gasteiger partial charge in [-0.3, -0.25) is 14.0 Å². The monoisotopic (exact) mass is 646 g/mol. The van der Waals surface area contributed by atoms with Crippen molar-refractivity contribution in [2.75, 3.05) is 56.7 Å². The van der Waals surface area contributed by atoms with Gasteiger partial charge in [-0.2, -0.15) is 0 Å². The molecular formula is C37H63FN4O2S. The summed E-state index contributed by atoms with van der Waals surface area (Å²) >= 11 is 0. The van der Waals surface area contributed by atoms with E-state index in [4.69, 9.17) is 0 Å². The molecule has 6 nitrogen and oxygen atoms in total. The molecule has 1 saturated carbocycles. The van der Waals surface area contributed by atoms with E-state index in [9.17, 15) is 13.7 Å². The smallest absolute Gasteiger partial charge is 0.171 e. The number of halogens is 1. The number of aryl methyl sites for hydroxylation is 1. The van der Waals surface area contributed by atoms with Gasteiger partial charge in [-0.1, -0.05) is 45.6 Å². The number of hydrogen-bond acceptors (Lipinski definition) is 6. The van der Waals surface area contributed by atoms with Crippen molar-refractivity contribution >= 4 is 21.2 Å². The number of piperidine rings is 1. The number of piperazine rings is 1. The highest BCUT2D eigenvalue weighted by Crippen LogP contribution is 2.31. The molecule has 256 valence electrons. The number of likely N-dealkylation sites (tertiary alicyclic amines) is 1. The molecule has 3 aliphatic rings. The van der Waals surface area contributed by atoms with E-state index in [-0.39, 0.29) is 5.83 Å². The van der Waals surface area contributed by atoms with Crippen molar-refractivity contribution < 1.29 is 13.7 Å². The van der Waals surface area contributed by atoms with Crippen LogP contribution in [0.1, 0.15) is 92.6 Å². The highest BCUT2D eigenvalue weighted by Gasteiger charge is 2.34. The highest BCUT2D eigenvalue weighted by atomic mass is 32.2. The fraction of sp³-hybridized carbons (Fsp3) is 0.676. The molecule has 3 heterocycles. The average Bonchev–Trinajstić information content (AvgIpc) is 3.75. The molecule has 1 aromatic heterocycles. The number of hydrogen-bond donors (Lipinski definition) is 1. The molecular weight excluding hydrogens is 583 g/mol. The SMILES string of the molecule is C#CC.C=S(C)(C)=O.CC1CC1.CCCC1CN(c2ncc(CC)cc2O)CCN1C1CCN(C/C(C)=C(\F)C=C(C)C)CC1. The quantitative estimate of drug-likeness (QED) is 0.181. The average molecular weight is 647 g/mol. The second-order valence-electron chi connectivity index (χ2n) is 13.4. The van der Waals surface area contributed by atoms with Crippen molar-refractivity contribution in [1.29, 1.82) is 0 Å². The Balaban J connectivity index is 0.000000711. The first-order valence-corrected chi connectivity index (χ1v) is 19.2. The molecule has 0 radical (unpaired) electrons. The van der Waals surface area contributed by atoms with Crippen LogP contribution in [-0.4, -0.2) is 93.8 Å². The van der Waals surface area contributed by atoms with Gasteiger partial charge in [0.15, 0.2) is 11.6 Å². The summed E-state index contributed by atoms with van der Waals surface area (Å²) in [5.41, 5.74) is 2.89. The van der Waals surface area contributed by atoms with E-state index in [1.165, 1.54) is 12.8 Å². The van der Waals surface area contributed by atoms with Gasteiger partial charge in [0.25, 0.3) is 0 Å². The van der Waals surface area contributed by atoms with E-state index in [1.807, 2.05) is 33.0 Å². The molecule has 1 atom stereocenters. The first-order valence-electron chi connectivity index (χ1n) is 16.7. The van der Waals surface area contributed by atoms with E-state index in [1.54, 1.807) is 25.5 Å². The topological polar surface area (TPSA) is 59.9 Å². The van der Waals surface area contributed by atoms with Crippen LogP contribution in [0, 0.1) is 18.3 Å². The third-order valence-electron chi connectivity index (χ3n) is 7.94. The first-order chi connectivity index (χ1) is 21.1. The molecule has 2 aliphatic heterocycles. The summed E-state index contributed by atoms with van der Waals surface area (Å²) in [5.74, 6) is 7.58. The number of terminal acetylenes is 1. The van der Waals surface area contributed by atoms with Gasteiger partial charge in [0.05, 0.1) is 0 Å². The Kier molecular flexibility index (Phi) is 18.7. The number of nitrogens with zero attached hydrogens (tertiary/aromatic N) is 4. The molecule has 1 unspecified atom stereocenters. The third kappa shape index (κ3) is 17.2. The molecule has 1 aromatic rings. The molecule has 0 amide bonds. The zero-order chi connectivity index (χ0) is 34.2. The van der Waals surface area contributed by atoms with Crippen LogP contribution in [-0.2, 0) is 15.9 Å². The minimum absolute atomic E-state index is 0.0833. The van der Waals surface area contributed by atoms with Gasteiger partial charge in [0.1, 0.15) is 5.83 Å². The molecule has 4 rings (SSSR count). The van der Waals surface area contributed by atoms with Crippen molar-refractivity contribution in [3.8, 4) is 18.1 Å². The summed E-state index contributed by atoms with van der Waals surface area (Å²) < 4.78 is 24.4. The minimum atomic E-state index is -1.67. The van der Waals surface area contributed by atoms with Gasteiger partial charge in [0.2, 0.25) is 0 Å². The van der Waals surface area contributed by atoms with E-state index in [2.05, 4.69) is 58.7 Å². The Labute approximate surface area is 276 Å². The summed E-state index contributed by atoms with van der Waals surface area (Å²) in [6.45, 7) is 19.6. The fourth-order valence-corrected chi connectivity index (χ4v) is 5.42. The van der Waals surface area contributed by atoms with Crippen LogP contribution >= 0.6 is 0 Å². The molecule has 1 N–H and O–H groups in total. The van der Waals surface area contributed by atoms with E-state index < -0.39 is 9.52 Å². The zero-order valence-electron chi connectivity index (χ0n) is 29.9. The highest BCUT2D eigenvalue weighted by molar-refractivity contribution is 7.98. The number of aromatic hydroxyl groups is 1. The third-order valence-corrected chi connectivity index (χ3v) is 7.94. The number of rotatable bonds is 8. The first kappa shape index (κ1) is 40.7. The zero-order valence-corrected chi connectivity index (χ0v) is 30.7. The number of anilines is 1. The van der Waals surface area contributed by atoms with Crippen LogP contribution in [0.3, 0.4) is 0 Å². The van der Waals surface area contributed by atoms with Crippen molar-refractivity contribution in [2.24, 2.45) is 5.92 Å².